The fraction of sp³-hybridized carbons (Fsp3) is 0.500. The van der Waals surface area contributed by atoms with Crippen LogP contribution in [0.1, 0.15) is 36.0 Å². The van der Waals surface area contributed by atoms with E-state index in [-0.39, 0.29) is 11.9 Å². The molecule has 0 aliphatic carbocycles. The molecule has 2 fully saturated rings. The van der Waals surface area contributed by atoms with E-state index in [1.807, 2.05) is 4.90 Å². The summed E-state index contributed by atoms with van der Waals surface area (Å²) in [6, 6.07) is 19.3. The Morgan fingerprint density at radius 1 is 0.935 bits per heavy atom. The monoisotopic (exact) mass is 419 g/mol. The number of hydrogen-bond donors (Lipinski definition) is 1. The number of β-amino-alcohol motifs (C(OH)–C–C–N with tert-alkyl or cyclic N) is 1. The molecule has 0 bridgehead atoms. The molecular formula is C26H33N3O2. The topological polar surface area (TPSA) is 47.0 Å². The molecule has 3 aliphatic heterocycles. The Bertz CT molecular complexity index is 895. The van der Waals surface area contributed by atoms with Gasteiger partial charge in [0.25, 0.3) is 0 Å². The largest absolute Gasteiger partial charge is 0.392 e. The summed E-state index contributed by atoms with van der Waals surface area (Å²) in [5, 5.41) is 10.4. The molecule has 0 radical (unpaired) electrons. The Morgan fingerprint density at radius 3 is 2.42 bits per heavy atom. The van der Waals surface area contributed by atoms with Crippen molar-refractivity contribution < 1.29 is 9.90 Å². The smallest absolute Gasteiger partial charge is 0.240 e. The first-order valence-electron chi connectivity index (χ1n) is 11.7. The van der Waals surface area contributed by atoms with E-state index in [2.05, 4.69) is 64.4 Å². The van der Waals surface area contributed by atoms with Crippen molar-refractivity contribution in [2.45, 2.75) is 57.0 Å². The minimum atomic E-state index is -0.395. The van der Waals surface area contributed by atoms with E-state index in [1.165, 1.54) is 16.7 Å². The van der Waals surface area contributed by atoms with Gasteiger partial charge in [0.15, 0.2) is 0 Å². The van der Waals surface area contributed by atoms with Gasteiger partial charge in [-0.1, -0.05) is 54.6 Å². The maximum absolute atomic E-state index is 13.5. The average Bonchev–Trinajstić information content (AvgIpc) is 3.21. The van der Waals surface area contributed by atoms with Crippen molar-refractivity contribution in [3.05, 3.63) is 71.3 Å². The Hall–Kier alpha value is -2.21. The summed E-state index contributed by atoms with van der Waals surface area (Å²) >= 11 is 0. The average molecular weight is 420 g/mol. The molecule has 1 amide bonds. The third-order valence-corrected chi connectivity index (χ3v) is 7.32. The number of likely N-dealkylation sites (tertiary alicyclic amines) is 2. The number of aliphatic hydroxyl groups is 1. The van der Waals surface area contributed by atoms with Gasteiger partial charge in [0.1, 0.15) is 0 Å². The number of carbonyl (C=O) groups excluding carboxylic acids is 1. The standard InChI is InChI=1S/C26H33N3O2/c30-24-16-25(26(31)28-15-10-21-8-4-5-9-22(21)18-28)29(19-24)23-11-13-27(14-12-23)17-20-6-2-1-3-7-20/h1-9,23-25,30H,10-19H2/t24-,25+/m1/s1. The van der Waals surface area contributed by atoms with Crippen LogP contribution in [0.5, 0.6) is 0 Å². The van der Waals surface area contributed by atoms with Crippen LogP contribution in [-0.2, 0) is 24.3 Å². The molecular weight excluding hydrogens is 386 g/mol. The lowest BCUT2D eigenvalue weighted by Gasteiger charge is -2.40. The highest BCUT2D eigenvalue weighted by Crippen LogP contribution is 2.29. The lowest BCUT2D eigenvalue weighted by Crippen LogP contribution is -2.52. The summed E-state index contributed by atoms with van der Waals surface area (Å²) < 4.78 is 0. The molecule has 2 aromatic rings. The SMILES string of the molecule is O=C([C@@H]1C[C@@H](O)CN1C1CCN(Cc2ccccc2)CC1)N1CCc2ccccc2C1. The van der Waals surface area contributed by atoms with E-state index in [1.54, 1.807) is 0 Å². The molecule has 5 nitrogen and oxygen atoms in total. The minimum Gasteiger partial charge on any atom is -0.392 e. The quantitative estimate of drug-likeness (QED) is 0.828. The van der Waals surface area contributed by atoms with Crippen LogP contribution in [0.3, 0.4) is 0 Å². The summed E-state index contributed by atoms with van der Waals surface area (Å²) in [4.78, 5) is 20.3. The van der Waals surface area contributed by atoms with Gasteiger partial charge < -0.3 is 10.0 Å². The molecule has 0 aromatic heterocycles. The molecule has 2 atom stereocenters. The second-order valence-corrected chi connectivity index (χ2v) is 9.37. The number of fused-ring (bicyclic) bond motifs is 1. The van der Waals surface area contributed by atoms with Crippen LogP contribution < -0.4 is 0 Å². The Labute approximate surface area is 185 Å². The molecule has 5 rings (SSSR count). The Kier molecular flexibility index (Phi) is 6.08. The number of amides is 1. The molecule has 2 saturated heterocycles. The van der Waals surface area contributed by atoms with Crippen molar-refractivity contribution in [2.24, 2.45) is 0 Å². The van der Waals surface area contributed by atoms with Gasteiger partial charge in [-0.3, -0.25) is 14.6 Å². The highest BCUT2D eigenvalue weighted by atomic mass is 16.3. The molecule has 2 aromatic carbocycles. The minimum absolute atomic E-state index is 0.175. The van der Waals surface area contributed by atoms with Crippen molar-refractivity contribution >= 4 is 5.91 Å². The molecule has 0 unspecified atom stereocenters. The van der Waals surface area contributed by atoms with Gasteiger partial charge in [0, 0.05) is 32.2 Å². The number of hydrogen-bond acceptors (Lipinski definition) is 4. The van der Waals surface area contributed by atoms with Crippen LogP contribution in [0.15, 0.2) is 54.6 Å². The lowest BCUT2D eigenvalue weighted by molar-refractivity contribution is -0.138. The number of benzene rings is 2. The molecule has 0 saturated carbocycles. The van der Waals surface area contributed by atoms with Gasteiger partial charge in [-0.25, -0.2) is 0 Å². The zero-order chi connectivity index (χ0) is 21.2. The van der Waals surface area contributed by atoms with Crippen molar-refractivity contribution in [3.63, 3.8) is 0 Å². The van der Waals surface area contributed by atoms with Crippen LogP contribution in [0.4, 0.5) is 0 Å². The van der Waals surface area contributed by atoms with Crippen LogP contribution in [0.25, 0.3) is 0 Å². The second-order valence-electron chi connectivity index (χ2n) is 9.37. The number of rotatable bonds is 4. The fourth-order valence-corrected chi connectivity index (χ4v) is 5.63. The summed E-state index contributed by atoms with van der Waals surface area (Å²) in [7, 11) is 0. The highest BCUT2D eigenvalue weighted by Gasteiger charge is 2.42. The zero-order valence-electron chi connectivity index (χ0n) is 18.2. The molecule has 0 spiro atoms. The van der Waals surface area contributed by atoms with E-state index in [0.29, 0.717) is 25.6 Å². The van der Waals surface area contributed by atoms with Crippen LogP contribution in [0, 0.1) is 0 Å². The lowest BCUT2D eigenvalue weighted by atomic mass is 9.98. The van der Waals surface area contributed by atoms with Gasteiger partial charge in [-0.15, -0.1) is 0 Å². The molecule has 5 heteroatoms. The van der Waals surface area contributed by atoms with E-state index in [9.17, 15) is 9.90 Å². The van der Waals surface area contributed by atoms with Gasteiger partial charge in [0.2, 0.25) is 5.91 Å². The first-order valence-corrected chi connectivity index (χ1v) is 11.7. The summed E-state index contributed by atoms with van der Waals surface area (Å²) in [6.07, 6.45) is 3.22. The predicted octanol–water partition coefficient (Wildman–Crippen LogP) is 2.67. The summed E-state index contributed by atoms with van der Waals surface area (Å²) in [5.41, 5.74) is 3.98. The molecule has 1 N–H and O–H groups in total. The third-order valence-electron chi connectivity index (χ3n) is 7.32. The molecule has 3 aliphatic rings. The molecule has 31 heavy (non-hydrogen) atoms. The maximum atomic E-state index is 13.5. The van der Waals surface area contributed by atoms with Gasteiger partial charge in [-0.05, 0) is 55.5 Å². The zero-order valence-corrected chi connectivity index (χ0v) is 18.2. The number of carbonyl (C=O) groups is 1. The normalized spacial score (nSPS) is 25.5. The Morgan fingerprint density at radius 2 is 1.65 bits per heavy atom. The first kappa shape index (κ1) is 20.7. The predicted molar refractivity (Wildman–Crippen MR) is 121 cm³/mol. The van der Waals surface area contributed by atoms with Gasteiger partial charge in [0.05, 0.1) is 12.1 Å². The van der Waals surface area contributed by atoms with Crippen LogP contribution in [-0.4, -0.2) is 70.1 Å². The first-order chi connectivity index (χ1) is 15.2. The highest BCUT2D eigenvalue weighted by molar-refractivity contribution is 5.82. The summed E-state index contributed by atoms with van der Waals surface area (Å²) in [6.45, 7) is 5.20. The van der Waals surface area contributed by atoms with Gasteiger partial charge in [-0.2, -0.15) is 0 Å². The van der Waals surface area contributed by atoms with E-state index in [0.717, 1.165) is 45.4 Å². The maximum Gasteiger partial charge on any atom is 0.240 e. The Balaban J connectivity index is 1.21. The van der Waals surface area contributed by atoms with Crippen LogP contribution in [0.2, 0.25) is 0 Å². The summed E-state index contributed by atoms with van der Waals surface area (Å²) in [5.74, 6) is 0.206. The van der Waals surface area contributed by atoms with Gasteiger partial charge >= 0.3 is 0 Å². The van der Waals surface area contributed by atoms with Crippen molar-refractivity contribution in [2.75, 3.05) is 26.2 Å². The van der Waals surface area contributed by atoms with Crippen molar-refractivity contribution in [1.29, 1.82) is 0 Å². The van der Waals surface area contributed by atoms with Crippen molar-refractivity contribution in [1.82, 2.24) is 14.7 Å². The number of nitrogens with zero attached hydrogens (tertiary/aromatic N) is 3. The molecule has 164 valence electrons. The number of aliphatic hydroxyl groups excluding tert-OH is 1. The fourth-order valence-electron chi connectivity index (χ4n) is 5.63. The van der Waals surface area contributed by atoms with Crippen LogP contribution >= 0.6 is 0 Å². The third kappa shape index (κ3) is 4.54. The van der Waals surface area contributed by atoms with E-state index < -0.39 is 6.10 Å². The van der Waals surface area contributed by atoms with E-state index >= 15 is 0 Å². The van der Waals surface area contributed by atoms with E-state index in [4.69, 9.17) is 0 Å². The number of piperidine rings is 1. The van der Waals surface area contributed by atoms with Crippen molar-refractivity contribution in [3.8, 4) is 0 Å². The molecule has 3 heterocycles. The second kappa shape index (κ2) is 9.11.